The van der Waals surface area contributed by atoms with Crippen LogP contribution in [0.3, 0.4) is 0 Å². The molecule has 1 aromatic carbocycles. The summed E-state index contributed by atoms with van der Waals surface area (Å²) < 4.78 is 26.8. The number of benzene rings is 1. The third kappa shape index (κ3) is 3.66. The van der Waals surface area contributed by atoms with E-state index >= 15 is 0 Å². The van der Waals surface area contributed by atoms with Gasteiger partial charge in [-0.15, -0.1) is 0 Å². The summed E-state index contributed by atoms with van der Waals surface area (Å²) in [6, 6.07) is 3.21. The zero-order chi connectivity index (χ0) is 18.8. The number of halogens is 2. The first-order chi connectivity index (χ1) is 12.3. The Labute approximate surface area is 152 Å². The van der Waals surface area contributed by atoms with Crippen LogP contribution >= 0.6 is 0 Å². The zero-order valence-corrected chi connectivity index (χ0v) is 14.3. The maximum Gasteiger partial charge on any atom is 0.248 e. The van der Waals surface area contributed by atoms with Crippen molar-refractivity contribution in [3.8, 4) is 0 Å². The number of amides is 2. The van der Waals surface area contributed by atoms with Gasteiger partial charge in [-0.3, -0.25) is 9.59 Å². The number of carbonyl (C=O) groups is 2. The molecule has 1 radical (unpaired) electrons. The molecule has 0 saturated carbocycles. The van der Waals surface area contributed by atoms with Gasteiger partial charge in [0, 0.05) is 31.3 Å². The van der Waals surface area contributed by atoms with Gasteiger partial charge in [-0.2, -0.15) is 0 Å². The molecule has 2 amide bonds. The van der Waals surface area contributed by atoms with Crippen LogP contribution < -0.4 is 16.0 Å². The summed E-state index contributed by atoms with van der Waals surface area (Å²) >= 11 is 0. The van der Waals surface area contributed by atoms with Gasteiger partial charge in [-0.05, 0) is 38.3 Å². The van der Waals surface area contributed by atoms with E-state index in [0.717, 1.165) is 23.4 Å². The highest BCUT2D eigenvalue weighted by atomic mass is 19.1. The molecule has 2 aliphatic heterocycles. The van der Waals surface area contributed by atoms with E-state index in [0.29, 0.717) is 11.6 Å². The maximum absolute atomic E-state index is 13.8. The molecule has 2 heterocycles. The molecule has 0 aromatic heterocycles. The quantitative estimate of drug-likeness (QED) is 0.771. The van der Waals surface area contributed by atoms with Gasteiger partial charge in [0.05, 0.1) is 12.5 Å². The Bertz CT molecular complexity index is 869. The molecule has 0 aliphatic carbocycles. The lowest BCUT2D eigenvalue weighted by molar-refractivity contribution is -0.123. The van der Waals surface area contributed by atoms with Crippen LogP contribution in [0, 0.1) is 17.7 Å². The second-order valence-electron chi connectivity index (χ2n) is 6.19. The van der Waals surface area contributed by atoms with E-state index in [1.54, 1.807) is 25.3 Å². The topological polar surface area (TPSA) is 70.2 Å². The molecule has 0 bridgehead atoms. The standard InChI is InChI=1S/C19H18F2N3O2.2H2/c1-10-15-7-12(19(26)24-17(15)5-6-22-10)8-18(25)23-11(2)14-4-3-13(20)9-16(14)21;;/h3-7,9,11,22H,8H2,1-2H3,(H,23,25)(H,24,26);2*1H/t11-;;/m0../s1. The second kappa shape index (κ2) is 7.11. The highest BCUT2D eigenvalue weighted by Gasteiger charge is 2.28. The first-order valence-corrected chi connectivity index (χ1v) is 8.12. The average molecular weight is 362 g/mol. The molecule has 0 saturated heterocycles. The van der Waals surface area contributed by atoms with Gasteiger partial charge < -0.3 is 16.0 Å². The molecule has 139 valence electrons. The number of allylic oxidation sites excluding steroid dienone is 1. The molecule has 3 rings (SSSR count). The third-order valence-corrected chi connectivity index (χ3v) is 4.26. The Morgan fingerprint density at radius 2 is 2.12 bits per heavy atom. The van der Waals surface area contributed by atoms with Crippen molar-refractivity contribution in [3.63, 3.8) is 0 Å². The summed E-state index contributed by atoms with van der Waals surface area (Å²) in [5.74, 6) is -2.19. The van der Waals surface area contributed by atoms with Gasteiger partial charge in [0.1, 0.15) is 17.7 Å². The second-order valence-corrected chi connectivity index (χ2v) is 6.19. The maximum atomic E-state index is 13.8. The summed E-state index contributed by atoms with van der Waals surface area (Å²) in [4.78, 5) is 24.5. The van der Waals surface area contributed by atoms with Gasteiger partial charge in [-0.25, -0.2) is 8.78 Å². The van der Waals surface area contributed by atoms with Crippen molar-refractivity contribution in [3.05, 3.63) is 76.6 Å². The Morgan fingerprint density at radius 3 is 2.85 bits per heavy atom. The monoisotopic (exact) mass is 362 g/mol. The molecule has 5 nitrogen and oxygen atoms in total. The van der Waals surface area contributed by atoms with E-state index in [2.05, 4.69) is 16.0 Å². The molecule has 26 heavy (non-hydrogen) atoms. The molecule has 7 heteroatoms. The van der Waals surface area contributed by atoms with Crippen molar-refractivity contribution in [2.24, 2.45) is 0 Å². The van der Waals surface area contributed by atoms with E-state index in [-0.39, 0.29) is 20.7 Å². The van der Waals surface area contributed by atoms with Gasteiger partial charge >= 0.3 is 0 Å². The fourth-order valence-electron chi connectivity index (χ4n) is 2.88. The van der Waals surface area contributed by atoms with Gasteiger partial charge in [0.25, 0.3) is 0 Å². The van der Waals surface area contributed by atoms with Gasteiger partial charge in [-0.1, -0.05) is 6.07 Å². The summed E-state index contributed by atoms with van der Waals surface area (Å²) in [5, 5.41) is 8.42. The van der Waals surface area contributed by atoms with Crippen molar-refractivity contribution < 1.29 is 21.2 Å². The minimum Gasteiger partial charge on any atom is -0.365 e. The molecule has 2 aliphatic rings. The van der Waals surface area contributed by atoms with Crippen molar-refractivity contribution in [1.82, 2.24) is 16.0 Å². The number of hydrogen-bond acceptors (Lipinski definition) is 3. The van der Waals surface area contributed by atoms with Crippen LogP contribution in [-0.4, -0.2) is 11.8 Å². The van der Waals surface area contributed by atoms with Crippen molar-refractivity contribution in [2.75, 3.05) is 0 Å². The Morgan fingerprint density at radius 1 is 1.35 bits per heavy atom. The van der Waals surface area contributed by atoms with E-state index in [4.69, 9.17) is 0 Å². The fourth-order valence-corrected chi connectivity index (χ4v) is 2.88. The van der Waals surface area contributed by atoms with Crippen LogP contribution in [0.2, 0.25) is 0 Å². The molecule has 0 spiro atoms. The van der Waals surface area contributed by atoms with E-state index in [1.165, 1.54) is 6.07 Å². The Hall–Kier alpha value is -2.96. The fraction of sp³-hybridized carbons (Fsp3) is 0.211. The van der Waals surface area contributed by atoms with Crippen LogP contribution in [0.5, 0.6) is 0 Å². The predicted molar refractivity (Wildman–Crippen MR) is 96.2 cm³/mol. The van der Waals surface area contributed by atoms with Crippen LogP contribution in [-0.2, 0) is 9.59 Å². The minimum absolute atomic E-state index is 0. The SMILES string of the molecule is CC1=C2C=C(CC(=O)N[C@@H](C)c3ccc(F)cc3F)C(=O)N[C]2C=CN1.[HH].[HH]. The lowest BCUT2D eigenvalue weighted by Crippen LogP contribution is -2.38. The molecule has 0 fully saturated rings. The highest BCUT2D eigenvalue weighted by molar-refractivity contribution is 6.02. The van der Waals surface area contributed by atoms with Crippen LogP contribution in [0.4, 0.5) is 8.78 Å². The van der Waals surface area contributed by atoms with Crippen LogP contribution in [0.25, 0.3) is 0 Å². The lowest BCUT2D eigenvalue weighted by Gasteiger charge is -2.27. The van der Waals surface area contributed by atoms with Crippen LogP contribution in [0.1, 0.15) is 34.7 Å². The smallest absolute Gasteiger partial charge is 0.248 e. The van der Waals surface area contributed by atoms with Crippen molar-refractivity contribution >= 4 is 11.8 Å². The van der Waals surface area contributed by atoms with Gasteiger partial charge in [0.15, 0.2) is 0 Å². The normalized spacial score (nSPS) is 17.8. The largest absolute Gasteiger partial charge is 0.365 e. The zero-order valence-electron chi connectivity index (χ0n) is 14.3. The Balaban J connectivity index is 0.00000196. The molecule has 3 N–H and O–H groups in total. The first kappa shape index (κ1) is 17.8. The molecular formula is C19H22F2N3O2. The molecule has 0 unspecified atom stereocenters. The van der Waals surface area contributed by atoms with Crippen LogP contribution in [0.15, 0.2) is 53.4 Å². The first-order valence-electron chi connectivity index (χ1n) is 8.12. The number of hydrogen-bond donors (Lipinski definition) is 3. The van der Waals surface area contributed by atoms with E-state index in [9.17, 15) is 18.4 Å². The van der Waals surface area contributed by atoms with E-state index < -0.39 is 23.6 Å². The highest BCUT2D eigenvalue weighted by Crippen LogP contribution is 2.27. The number of carbonyl (C=O) groups excluding carboxylic acids is 2. The molecule has 1 aromatic rings. The van der Waals surface area contributed by atoms with E-state index in [1.807, 2.05) is 6.92 Å². The Kier molecular flexibility index (Phi) is 4.88. The molecule has 1 atom stereocenters. The predicted octanol–water partition coefficient (Wildman–Crippen LogP) is 3.00. The number of rotatable bonds is 4. The molecular weight excluding hydrogens is 340 g/mol. The number of fused-ring (bicyclic) bond motifs is 1. The summed E-state index contributed by atoms with van der Waals surface area (Å²) in [6.45, 7) is 3.46. The lowest BCUT2D eigenvalue weighted by atomic mass is 9.93. The van der Waals surface area contributed by atoms with Crippen molar-refractivity contribution in [1.29, 1.82) is 0 Å². The number of dihydropyridines is 1. The minimum atomic E-state index is -0.729. The average Bonchev–Trinajstić information content (AvgIpc) is 2.56. The summed E-state index contributed by atoms with van der Waals surface area (Å²) in [6.07, 6.45) is 4.99. The number of nitrogens with one attached hydrogen (secondary N) is 3. The summed E-state index contributed by atoms with van der Waals surface area (Å²) in [5.41, 5.74) is 2.16. The third-order valence-electron chi connectivity index (χ3n) is 4.26. The summed E-state index contributed by atoms with van der Waals surface area (Å²) in [7, 11) is 0. The van der Waals surface area contributed by atoms with Gasteiger partial charge in [0.2, 0.25) is 11.8 Å². The van der Waals surface area contributed by atoms with Crippen molar-refractivity contribution in [2.45, 2.75) is 26.3 Å².